The minimum Gasteiger partial charge on any atom is -0.618 e. The third kappa shape index (κ3) is 1.63. The molecule has 15 heavy (non-hydrogen) atoms. The molecule has 72 valence electrons. The summed E-state index contributed by atoms with van der Waals surface area (Å²) in [6.45, 7) is 0. The first-order valence-corrected chi connectivity index (χ1v) is 5.38. The van der Waals surface area contributed by atoms with Crippen LogP contribution in [0.3, 0.4) is 0 Å². The Bertz CT molecular complexity index is 525. The molecule has 0 unspecified atom stereocenters. The van der Waals surface area contributed by atoms with Crippen molar-refractivity contribution in [1.82, 2.24) is 4.98 Å². The number of nitriles is 2. The molecule has 0 atom stereocenters. The van der Waals surface area contributed by atoms with Crippen LogP contribution in [0.25, 0.3) is 0 Å². The van der Waals surface area contributed by atoms with Crippen LogP contribution in [0.15, 0.2) is 32.3 Å². The summed E-state index contributed by atoms with van der Waals surface area (Å²) in [5.74, 6) is 0. The van der Waals surface area contributed by atoms with E-state index in [1.165, 1.54) is 24.2 Å². The van der Waals surface area contributed by atoms with E-state index in [9.17, 15) is 5.21 Å². The van der Waals surface area contributed by atoms with Crippen LogP contribution in [-0.2, 0) is 0 Å². The van der Waals surface area contributed by atoms with Crippen LogP contribution >= 0.6 is 23.5 Å². The van der Waals surface area contributed by atoms with E-state index in [0.29, 0.717) is 19.0 Å². The summed E-state index contributed by atoms with van der Waals surface area (Å²) in [5.41, 5.74) is 0.0167. The molecule has 1 aromatic heterocycles. The molecule has 0 fully saturated rings. The van der Waals surface area contributed by atoms with Gasteiger partial charge in [-0.3, -0.25) is 0 Å². The van der Waals surface area contributed by atoms with Gasteiger partial charge in [-0.1, -0.05) is 11.8 Å². The van der Waals surface area contributed by atoms with Crippen molar-refractivity contribution in [2.75, 3.05) is 0 Å². The minimum absolute atomic E-state index is 0.0167. The first-order chi connectivity index (χ1) is 7.26. The zero-order valence-corrected chi connectivity index (χ0v) is 8.80. The van der Waals surface area contributed by atoms with Gasteiger partial charge in [0.05, 0.1) is 10.4 Å². The Kier molecular flexibility index (Phi) is 2.50. The van der Waals surface area contributed by atoms with Crippen LogP contribution in [0.4, 0.5) is 0 Å². The van der Waals surface area contributed by atoms with E-state index in [4.69, 9.17) is 10.5 Å². The molecule has 0 radical (unpaired) electrons. The zero-order chi connectivity index (χ0) is 10.8. The number of thioether (sulfide) groups is 2. The number of hydrogen-bond acceptors (Lipinski definition) is 6. The lowest BCUT2D eigenvalue weighted by molar-refractivity contribution is -0.649. The molecular formula is C8H2N4OS2. The fourth-order valence-corrected chi connectivity index (χ4v) is 3.16. The highest BCUT2D eigenvalue weighted by atomic mass is 32.2. The molecule has 7 heteroatoms. The second-order valence-corrected chi connectivity index (χ2v) is 4.71. The quantitative estimate of drug-likeness (QED) is 0.380. The van der Waals surface area contributed by atoms with Crippen molar-refractivity contribution in [3.05, 3.63) is 27.4 Å². The van der Waals surface area contributed by atoms with E-state index in [1.54, 1.807) is 12.1 Å². The van der Waals surface area contributed by atoms with Crippen LogP contribution in [0.1, 0.15) is 0 Å². The predicted octanol–water partition coefficient (Wildman–Crippen LogP) is 1.17. The van der Waals surface area contributed by atoms with Gasteiger partial charge in [0, 0.05) is 0 Å². The Morgan fingerprint density at radius 2 is 2.13 bits per heavy atom. The smallest absolute Gasteiger partial charge is 0.289 e. The maximum atomic E-state index is 11.3. The van der Waals surface area contributed by atoms with E-state index in [1.807, 2.05) is 0 Å². The third-order valence-electron chi connectivity index (χ3n) is 1.58. The molecule has 0 N–H and O–H groups in total. The topological polar surface area (TPSA) is 87.4 Å². The second kappa shape index (κ2) is 3.81. The number of rotatable bonds is 0. The van der Waals surface area contributed by atoms with Gasteiger partial charge in [0.25, 0.3) is 5.03 Å². The molecule has 0 aliphatic carbocycles. The lowest BCUT2D eigenvalue weighted by Gasteiger charge is -1.97. The van der Waals surface area contributed by atoms with E-state index in [0.717, 1.165) is 11.8 Å². The highest BCUT2D eigenvalue weighted by Gasteiger charge is 2.29. The molecule has 5 nitrogen and oxygen atoms in total. The summed E-state index contributed by atoms with van der Waals surface area (Å²) >= 11 is 2.28. The van der Waals surface area contributed by atoms with Gasteiger partial charge >= 0.3 is 0 Å². The number of aromatic nitrogens is 2. The normalized spacial score (nSPS) is 12.8. The Balaban J connectivity index is 2.48. The average Bonchev–Trinajstić information content (AvgIpc) is 2.65. The van der Waals surface area contributed by atoms with E-state index in [2.05, 4.69) is 4.98 Å². The number of fused-ring (bicyclic) bond motifs is 1. The molecule has 1 aromatic rings. The van der Waals surface area contributed by atoms with Crippen LogP contribution in [0.2, 0.25) is 0 Å². The molecule has 2 rings (SSSR count). The average molecular weight is 234 g/mol. The summed E-state index contributed by atoms with van der Waals surface area (Å²) in [5, 5.41) is 29.6. The van der Waals surface area contributed by atoms with Gasteiger partial charge in [-0.2, -0.15) is 15.3 Å². The third-order valence-corrected chi connectivity index (χ3v) is 4.05. The molecular weight excluding hydrogens is 232 g/mol. The summed E-state index contributed by atoms with van der Waals surface area (Å²) in [7, 11) is 0. The highest BCUT2D eigenvalue weighted by Crippen LogP contribution is 2.49. The summed E-state index contributed by atoms with van der Waals surface area (Å²) < 4.78 is 1.19. The predicted molar refractivity (Wildman–Crippen MR) is 53.2 cm³/mol. The fourth-order valence-electron chi connectivity index (χ4n) is 0.952. The molecule has 2 heterocycles. The van der Waals surface area contributed by atoms with Crippen LogP contribution in [0, 0.1) is 27.9 Å². The Labute approximate surface area is 93.6 Å². The van der Waals surface area contributed by atoms with Crippen LogP contribution in [-0.4, -0.2) is 4.98 Å². The summed E-state index contributed by atoms with van der Waals surface area (Å²) in [6.07, 6.45) is 2.68. The standard InChI is InChI=1S/C8H2N4OS2/c9-3-5(4-10)8-14-6-7(15-8)12(13)2-1-11-6/h1-2H. The van der Waals surface area contributed by atoms with Gasteiger partial charge in [-0.25, -0.2) is 4.98 Å². The summed E-state index contributed by atoms with van der Waals surface area (Å²) in [6, 6.07) is 3.57. The molecule has 0 amide bonds. The SMILES string of the molecule is N#CC(C#N)=C1Sc2ncc[n+]([O-])c2S1. The molecule has 1 aliphatic heterocycles. The lowest BCUT2D eigenvalue weighted by Crippen LogP contribution is -2.28. The lowest BCUT2D eigenvalue weighted by atomic mass is 10.4. The second-order valence-electron chi connectivity index (χ2n) is 2.45. The number of hydrogen-bond donors (Lipinski definition) is 0. The first-order valence-electron chi connectivity index (χ1n) is 3.74. The van der Waals surface area contributed by atoms with Gasteiger partial charge in [-0.15, -0.1) is 0 Å². The van der Waals surface area contributed by atoms with Crippen molar-refractivity contribution in [3.63, 3.8) is 0 Å². The number of nitrogens with zero attached hydrogens (tertiary/aromatic N) is 4. The Hall–Kier alpha value is -1.70. The summed E-state index contributed by atoms with van der Waals surface area (Å²) in [4.78, 5) is 3.99. The van der Waals surface area contributed by atoms with Crippen LogP contribution in [0.5, 0.6) is 0 Å². The maximum Gasteiger partial charge on any atom is 0.289 e. The Morgan fingerprint density at radius 3 is 2.73 bits per heavy atom. The Morgan fingerprint density at radius 1 is 1.40 bits per heavy atom. The van der Waals surface area contributed by atoms with Crippen molar-refractivity contribution < 1.29 is 4.73 Å². The zero-order valence-electron chi connectivity index (χ0n) is 7.17. The first kappa shape index (κ1) is 9.84. The molecule has 0 saturated carbocycles. The highest BCUT2D eigenvalue weighted by molar-refractivity contribution is 8.24. The number of allylic oxidation sites excluding steroid dienone is 1. The van der Waals surface area contributed by atoms with Gasteiger partial charge in [0.15, 0.2) is 16.8 Å². The molecule has 0 saturated heterocycles. The van der Waals surface area contributed by atoms with E-state index < -0.39 is 0 Å². The fraction of sp³-hybridized carbons (Fsp3) is 0. The van der Waals surface area contributed by atoms with Crippen molar-refractivity contribution in [3.8, 4) is 12.1 Å². The monoisotopic (exact) mass is 234 g/mol. The van der Waals surface area contributed by atoms with Crippen molar-refractivity contribution in [2.24, 2.45) is 0 Å². The van der Waals surface area contributed by atoms with Crippen molar-refractivity contribution in [1.29, 1.82) is 10.5 Å². The van der Waals surface area contributed by atoms with Gasteiger partial charge < -0.3 is 5.21 Å². The largest absolute Gasteiger partial charge is 0.618 e. The van der Waals surface area contributed by atoms with Crippen molar-refractivity contribution >= 4 is 23.5 Å². The van der Waals surface area contributed by atoms with E-state index >= 15 is 0 Å². The van der Waals surface area contributed by atoms with Crippen molar-refractivity contribution in [2.45, 2.75) is 10.1 Å². The van der Waals surface area contributed by atoms with Gasteiger partial charge in [0.1, 0.15) is 12.1 Å². The molecule has 1 aliphatic rings. The minimum atomic E-state index is 0.0167. The maximum absolute atomic E-state index is 11.3. The van der Waals surface area contributed by atoms with Gasteiger partial charge in [-0.05, 0) is 11.8 Å². The van der Waals surface area contributed by atoms with Crippen LogP contribution < -0.4 is 4.73 Å². The molecule has 0 aromatic carbocycles. The molecule has 0 spiro atoms. The van der Waals surface area contributed by atoms with Gasteiger partial charge in [0.2, 0.25) is 0 Å². The van der Waals surface area contributed by atoms with E-state index in [-0.39, 0.29) is 5.57 Å². The molecule has 0 bridgehead atoms.